The van der Waals surface area contributed by atoms with Crippen LogP contribution in [0, 0.1) is 12.8 Å². The molecule has 3 aromatic rings. The van der Waals surface area contributed by atoms with E-state index in [9.17, 15) is 4.79 Å². The van der Waals surface area contributed by atoms with Gasteiger partial charge in [0.05, 0.1) is 7.11 Å². The van der Waals surface area contributed by atoms with E-state index >= 15 is 0 Å². The van der Waals surface area contributed by atoms with E-state index in [2.05, 4.69) is 48.2 Å². The Hall–Kier alpha value is -2.65. The molecule has 0 unspecified atom stereocenters. The Kier molecular flexibility index (Phi) is 5.54. The summed E-state index contributed by atoms with van der Waals surface area (Å²) in [5.41, 5.74) is 3.41. The third kappa shape index (κ3) is 3.99. The lowest BCUT2D eigenvalue weighted by atomic mass is 9.75. The van der Waals surface area contributed by atoms with Crippen LogP contribution in [0.15, 0.2) is 60.7 Å². The fourth-order valence-electron chi connectivity index (χ4n) is 5.34. The summed E-state index contributed by atoms with van der Waals surface area (Å²) in [6.45, 7) is 4.12. The summed E-state index contributed by atoms with van der Waals surface area (Å²) in [4.78, 5) is 16.4. The van der Waals surface area contributed by atoms with Crippen LogP contribution in [0.3, 0.4) is 0 Å². The van der Waals surface area contributed by atoms with E-state index in [4.69, 9.17) is 4.74 Å². The number of piperidine rings is 1. The van der Waals surface area contributed by atoms with Crippen molar-refractivity contribution in [3.05, 3.63) is 77.4 Å². The molecule has 2 fully saturated rings. The highest BCUT2D eigenvalue weighted by molar-refractivity contribution is 6.02. The van der Waals surface area contributed by atoms with Crippen LogP contribution in [0.1, 0.15) is 53.1 Å². The molecule has 1 heterocycles. The van der Waals surface area contributed by atoms with Crippen molar-refractivity contribution in [2.75, 3.05) is 20.2 Å². The summed E-state index contributed by atoms with van der Waals surface area (Å²) in [6.07, 6.45) is 4.96. The smallest absolute Gasteiger partial charge is 0.167 e. The molecule has 3 aromatic carbocycles. The predicted molar refractivity (Wildman–Crippen MR) is 126 cm³/mol. The zero-order valence-corrected chi connectivity index (χ0v) is 18.5. The number of ether oxygens (including phenoxy) is 1. The molecule has 0 spiro atoms. The summed E-state index contributed by atoms with van der Waals surface area (Å²) in [5.74, 6) is 1.42. The Morgan fingerprint density at radius 1 is 0.968 bits per heavy atom. The van der Waals surface area contributed by atoms with Crippen LogP contribution in [0.4, 0.5) is 0 Å². The van der Waals surface area contributed by atoms with E-state index < -0.39 is 0 Å². The third-order valence-electron chi connectivity index (χ3n) is 7.37. The van der Waals surface area contributed by atoms with Crippen molar-refractivity contribution in [2.24, 2.45) is 5.92 Å². The first-order chi connectivity index (χ1) is 15.1. The molecule has 0 radical (unpaired) electrons. The molecule has 0 N–H and O–H groups in total. The van der Waals surface area contributed by atoms with Crippen molar-refractivity contribution >= 4 is 16.6 Å². The Morgan fingerprint density at radius 2 is 1.77 bits per heavy atom. The lowest BCUT2D eigenvalue weighted by Gasteiger charge is -2.45. The lowest BCUT2D eigenvalue weighted by Crippen LogP contribution is -2.49. The number of likely N-dealkylation sites (tertiary alicyclic amines) is 1. The Morgan fingerprint density at radius 3 is 2.52 bits per heavy atom. The van der Waals surface area contributed by atoms with Crippen LogP contribution in [0.5, 0.6) is 5.75 Å². The molecule has 3 nitrogen and oxygen atoms in total. The average Bonchev–Trinajstić information content (AvgIpc) is 2.76. The molecule has 0 bridgehead atoms. The summed E-state index contributed by atoms with van der Waals surface area (Å²) in [5, 5.41) is 2.19. The molecule has 31 heavy (non-hydrogen) atoms. The molecule has 1 saturated heterocycles. The minimum atomic E-state index is 0.00634. The summed E-state index contributed by atoms with van der Waals surface area (Å²) >= 11 is 0. The number of aryl methyl sites for hydroxylation is 1. The first-order valence-corrected chi connectivity index (χ1v) is 11.5. The van der Waals surface area contributed by atoms with Crippen molar-refractivity contribution in [2.45, 2.75) is 44.6 Å². The fourth-order valence-corrected chi connectivity index (χ4v) is 5.34. The van der Waals surface area contributed by atoms with Gasteiger partial charge in [-0.25, -0.2) is 0 Å². The van der Waals surface area contributed by atoms with E-state index in [0.29, 0.717) is 6.04 Å². The van der Waals surface area contributed by atoms with Gasteiger partial charge in [-0.15, -0.1) is 0 Å². The minimum absolute atomic E-state index is 0.00634. The van der Waals surface area contributed by atoms with Gasteiger partial charge in [0.25, 0.3) is 0 Å². The van der Waals surface area contributed by atoms with Gasteiger partial charge in [-0.05, 0) is 73.2 Å². The van der Waals surface area contributed by atoms with E-state index in [1.807, 2.05) is 24.3 Å². The number of carbonyl (C=O) groups is 1. The van der Waals surface area contributed by atoms with Gasteiger partial charge in [0.15, 0.2) is 5.78 Å². The Bertz CT molecular complexity index is 1100. The molecule has 1 aliphatic carbocycles. The molecule has 2 atom stereocenters. The Labute approximate surface area is 185 Å². The second-order valence-electron chi connectivity index (χ2n) is 9.29. The number of fused-ring (bicyclic) bond motifs is 1. The van der Waals surface area contributed by atoms with Gasteiger partial charge in [0, 0.05) is 24.1 Å². The number of Topliss-reactive ketones (excluding diaryl/α,β-unsaturated/α-hetero) is 1. The van der Waals surface area contributed by atoms with Gasteiger partial charge < -0.3 is 4.74 Å². The first-order valence-electron chi connectivity index (χ1n) is 11.5. The molecule has 1 saturated carbocycles. The Balaban J connectivity index is 1.48. The molecule has 1 aliphatic heterocycles. The highest BCUT2D eigenvalue weighted by Gasteiger charge is 2.39. The third-order valence-corrected chi connectivity index (χ3v) is 7.37. The number of methoxy groups -OCH3 is 1. The number of nitrogens with zero attached hydrogens (tertiary/aromatic N) is 1. The molecule has 160 valence electrons. The van der Waals surface area contributed by atoms with Gasteiger partial charge >= 0.3 is 0 Å². The number of rotatable bonds is 5. The minimum Gasteiger partial charge on any atom is -0.497 e. The second-order valence-corrected chi connectivity index (χ2v) is 9.29. The van der Waals surface area contributed by atoms with Crippen molar-refractivity contribution in [1.82, 2.24) is 4.90 Å². The van der Waals surface area contributed by atoms with Crippen molar-refractivity contribution < 1.29 is 9.53 Å². The van der Waals surface area contributed by atoms with E-state index in [-0.39, 0.29) is 17.6 Å². The highest BCUT2D eigenvalue weighted by Crippen LogP contribution is 2.39. The zero-order chi connectivity index (χ0) is 21.4. The lowest BCUT2D eigenvalue weighted by molar-refractivity contribution is 0.0540. The zero-order valence-electron chi connectivity index (χ0n) is 18.5. The van der Waals surface area contributed by atoms with Gasteiger partial charge in [0.1, 0.15) is 5.75 Å². The number of hydrogen-bond donors (Lipinski definition) is 0. The molecule has 0 amide bonds. The van der Waals surface area contributed by atoms with Gasteiger partial charge in [-0.1, -0.05) is 54.4 Å². The van der Waals surface area contributed by atoms with Gasteiger partial charge in [0.2, 0.25) is 0 Å². The van der Waals surface area contributed by atoms with Crippen molar-refractivity contribution in [1.29, 1.82) is 0 Å². The standard InChI is InChI=1S/C28H31NO2/c1-19-5-3-6-22(15-19)26-13-14-29(24-7-4-8-24)18-27(26)28(30)23-10-9-21-17-25(31-2)12-11-20(21)16-23/h3,5-6,9-12,15-17,24,26-27H,4,7-8,13-14,18H2,1-2H3/t26-,27-/m1/s1. The van der Waals surface area contributed by atoms with Crippen molar-refractivity contribution in [3.8, 4) is 5.75 Å². The number of ketones is 1. The van der Waals surface area contributed by atoms with Crippen LogP contribution in [0.2, 0.25) is 0 Å². The fraction of sp³-hybridized carbons (Fsp3) is 0.393. The highest BCUT2D eigenvalue weighted by atomic mass is 16.5. The van der Waals surface area contributed by atoms with Gasteiger partial charge in [-0.3, -0.25) is 9.69 Å². The first kappa shape index (κ1) is 20.3. The normalized spacial score (nSPS) is 22.3. The van der Waals surface area contributed by atoms with E-state index in [1.165, 1.54) is 30.4 Å². The maximum absolute atomic E-state index is 13.9. The van der Waals surface area contributed by atoms with Crippen LogP contribution < -0.4 is 4.74 Å². The molecule has 0 aromatic heterocycles. The summed E-state index contributed by atoms with van der Waals surface area (Å²) in [7, 11) is 1.68. The van der Waals surface area contributed by atoms with E-state index in [1.54, 1.807) is 7.11 Å². The summed E-state index contributed by atoms with van der Waals surface area (Å²) in [6, 6.07) is 21.6. The predicted octanol–water partition coefficient (Wildman–Crippen LogP) is 6.00. The number of benzene rings is 3. The molecule has 2 aliphatic rings. The largest absolute Gasteiger partial charge is 0.497 e. The maximum atomic E-state index is 13.9. The second kappa shape index (κ2) is 8.47. The monoisotopic (exact) mass is 413 g/mol. The molecule has 3 heteroatoms. The molecular formula is C28H31NO2. The van der Waals surface area contributed by atoms with Gasteiger partial charge in [-0.2, -0.15) is 0 Å². The number of carbonyl (C=O) groups excluding carboxylic acids is 1. The number of hydrogen-bond acceptors (Lipinski definition) is 3. The van der Waals surface area contributed by atoms with Crippen LogP contribution >= 0.6 is 0 Å². The molecule has 5 rings (SSSR count). The SMILES string of the molecule is COc1ccc2cc(C(=O)[C@@H]3CN(C4CCC4)CC[C@@H]3c3cccc(C)c3)ccc2c1. The average molecular weight is 414 g/mol. The van der Waals surface area contributed by atoms with Crippen LogP contribution in [-0.2, 0) is 0 Å². The van der Waals surface area contributed by atoms with Crippen LogP contribution in [0.25, 0.3) is 10.8 Å². The topological polar surface area (TPSA) is 29.5 Å². The summed E-state index contributed by atoms with van der Waals surface area (Å²) < 4.78 is 5.35. The van der Waals surface area contributed by atoms with Crippen LogP contribution in [-0.4, -0.2) is 36.9 Å². The quantitative estimate of drug-likeness (QED) is 0.481. The van der Waals surface area contributed by atoms with E-state index in [0.717, 1.165) is 41.6 Å². The maximum Gasteiger partial charge on any atom is 0.167 e. The molecular weight excluding hydrogens is 382 g/mol. The van der Waals surface area contributed by atoms with Crippen molar-refractivity contribution in [3.63, 3.8) is 0 Å².